The molecule has 1 aromatic carbocycles. The van der Waals surface area contributed by atoms with Crippen LogP contribution >= 0.6 is 22.6 Å². The van der Waals surface area contributed by atoms with Gasteiger partial charge in [0.1, 0.15) is 0 Å². The van der Waals surface area contributed by atoms with E-state index in [-0.39, 0.29) is 5.91 Å². The molecular weight excluding hydrogens is 313 g/mol. The number of hydrogen-bond acceptors (Lipinski definition) is 1. The monoisotopic (exact) mass is 329 g/mol. The van der Waals surface area contributed by atoms with Gasteiger partial charge in [0.2, 0.25) is 0 Å². The van der Waals surface area contributed by atoms with Gasteiger partial charge in [-0.05, 0) is 53.5 Å². The van der Waals surface area contributed by atoms with Crippen LogP contribution < -0.4 is 5.32 Å². The average Bonchev–Trinajstić information content (AvgIpc) is 2.97. The third kappa shape index (κ3) is 2.75. The highest BCUT2D eigenvalue weighted by Gasteiger charge is 2.37. The molecule has 0 heterocycles. The first-order valence-electron chi connectivity index (χ1n) is 5.77. The summed E-state index contributed by atoms with van der Waals surface area (Å²) in [6, 6.07) is 8.13. The summed E-state index contributed by atoms with van der Waals surface area (Å²) in [4.78, 5) is 11.9. The number of carbonyl (C=O) groups is 1. The van der Waals surface area contributed by atoms with Crippen molar-refractivity contribution in [3.8, 4) is 0 Å². The molecule has 0 radical (unpaired) electrons. The Labute approximate surface area is 110 Å². The minimum atomic E-state index is 0.0774. The quantitative estimate of drug-likeness (QED) is 0.845. The molecule has 0 aromatic heterocycles. The fraction of sp³-hybridized carbons (Fsp3) is 0.462. The second kappa shape index (κ2) is 5.17. The Balaban J connectivity index is 1.92. The van der Waals surface area contributed by atoms with Crippen LogP contribution in [-0.4, -0.2) is 11.9 Å². The van der Waals surface area contributed by atoms with Crippen molar-refractivity contribution in [3.63, 3.8) is 0 Å². The summed E-state index contributed by atoms with van der Waals surface area (Å²) in [5, 5.41) is 3.10. The van der Waals surface area contributed by atoms with Crippen LogP contribution in [0.2, 0.25) is 0 Å². The zero-order valence-corrected chi connectivity index (χ0v) is 11.5. The predicted octanol–water partition coefficient (Wildman–Crippen LogP) is 3.21. The Hall–Kier alpha value is -0.580. The van der Waals surface area contributed by atoms with Crippen LogP contribution in [0.4, 0.5) is 0 Å². The molecule has 1 N–H and O–H groups in total. The van der Waals surface area contributed by atoms with E-state index in [2.05, 4.69) is 34.8 Å². The summed E-state index contributed by atoms with van der Waals surface area (Å²) >= 11 is 2.20. The molecule has 0 saturated heterocycles. The highest BCUT2D eigenvalue weighted by molar-refractivity contribution is 14.1. The Morgan fingerprint density at radius 2 is 2.25 bits per heavy atom. The lowest BCUT2D eigenvalue weighted by atomic mass is 10.2. The Morgan fingerprint density at radius 3 is 2.94 bits per heavy atom. The van der Waals surface area contributed by atoms with Crippen molar-refractivity contribution < 1.29 is 4.79 Å². The van der Waals surface area contributed by atoms with Crippen molar-refractivity contribution in [2.45, 2.75) is 32.2 Å². The van der Waals surface area contributed by atoms with Gasteiger partial charge in [0.25, 0.3) is 5.91 Å². The molecule has 0 spiro atoms. The van der Waals surface area contributed by atoms with Gasteiger partial charge in [0.05, 0.1) is 5.56 Å². The Morgan fingerprint density at radius 1 is 1.50 bits per heavy atom. The van der Waals surface area contributed by atoms with Crippen molar-refractivity contribution in [3.05, 3.63) is 33.4 Å². The lowest BCUT2D eigenvalue weighted by Crippen LogP contribution is -2.27. The van der Waals surface area contributed by atoms with Gasteiger partial charge in [0.15, 0.2) is 0 Å². The summed E-state index contributed by atoms with van der Waals surface area (Å²) < 4.78 is 1.02. The van der Waals surface area contributed by atoms with Crippen molar-refractivity contribution in [2.75, 3.05) is 0 Å². The van der Waals surface area contributed by atoms with Crippen LogP contribution in [-0.2, 0) is 0 Å². The highest BCUT2D eigenvalue weighted by atomic mass is 127. The minimum Gasteiger partial charge on any atom is -0.349 e. The Kier molecular flexibility index (Phi) is 3.84. The van der Waals surface area contributed by atoms with Crippen LogP contribution in [0.15, 0.2) is 24.3 Å². The molecule has 1 aromatic rings. The lowest BCUT2D eigenvalue weighted by molar-refractivity contribution is 0.0948. The van der Waals surface area contributed by atoms with Gasteiger partial charge >= 0.3 is 0 Å². The molecule has 2 unspecified atom stereocenters. The third-order valence-electron chi connectivity index (χ3n) is 3.02. The molecule has 0 aliphatic heterocycles. The average molecular weight is 329 g/mol. The van der Waals surface area contributed by atoms with Crippen molar-refractivity contribution in [2.24, 2.45) is 5.92 Å². The van der Waals surface area contributed by atoms with E-state index >= 15 is 0 Å². The van der Waals surface area contributed by atoms with E-state index in [4.69, 9.17) is 0 Å². The molecule has 0 bridgehead atoms. The van der Waals surface area contributed by atoms with E-state index in [1.165, 1.54) is 12.8 Å². The first-order chi connectivity index (χ1) is 7.72. The van der Waals surface area contributed by atoms with E-state index in [0.717, 1.165) is 21.5 Å². The second-order valence-electron chi connectivity index (χ2n) is 4.34. The fourth-order valence-electron chi connectivity index (χ4n) is 2.01. The Bertz CT molecular complexity index is 391. The molecule has 2 nitrogen and oxygen atoms in total. The summed E-state index contributed by atoms with van der Waals surface area (Å²) in [6.07, 6.45) is 3.60. The van der Waals surface area contributed by atoms with E-state index in [1.807, 2.05) is 24.3 Å². The third-order valence-corrected chi connectivity index (χ3v) is 3.96. The van der Waals surface area contributed by atoms with Gasteiger partial charge in [-0.3, -0.25) is 4.79 Å². The van der Waals surface area contributed by atoms with E-state index in [9.17, 15) is 4.79 Å². The number of hydrogen-bond donors (Lipinski definition) is 1. The van der Waals surface area contributed by atoms with Crippen molar-refractivity contribution >= 4 is 28.5 Å². The van der Waals surface area contributed by atoms with Crippen LogP contribution in [0, 0.1) is 9.49 Å². The topological polar surface area (TPSA) is 29.1 Å². The summed E-state index contributed by atoms with van der Waals surface area (Å²) in [6.45, 7) is 2.19. The van der Waals surface area contributed by atoms with Gasteiger partial charge in [-0.15, -0.1) is 0 Å². The zero-order valence-electron chi connectivity index (χ0n) is 9.37. The van der Waals surface area contributed by atoms with Gasteiger partial charge in [-0.1, -0.05) is 25.5 Å². The normalized spacial score (nSPS) is 22.9. The smallest absolute Gasteiger partial charge is 0.252 e. The molecule has 16 heavy (non-hydrogen) atoms. The number of rotatable bonds is 4. The van der Waals surface area contributed by atoms with Gasteiger partial charge < -0.3 is 5.32 Å². The first-order valence-corrected chi connectivity index (χ1v) is 6.85. The van der Waals surface area contributed by atoms with Crippen LogP contribution in [0.25, 0.3) is 0 Å². The number of benzene rings is 1. The second-order valence-corrected chi connectivity index (χ2v) is 5.51. The number of carbonyl (C=O) groups excluding carboxylic acids is 1. The zero-order chi connectivity index (χ0) is 11.5. The van der Waals surface area contributed by atoms with E-state index < -0.39 is 0 Å². The number of halogens is 1. The molecule has 1 amide bonds. The minimum absolute atomic E-state index is 0.0774. The summed E-state index contributed by atoms with van der Waals surface area (Å²) in [7, 11) is 0. The highest BCUT2D eigenvalue weighted by Crippen LogP contribution is 2.34. The first kappa shape index (κ1) is 11.9. The maximum atomic E-state index is 11.9. The summed E-state index contributed by atoms with van der Waals surface area (Å²) in [5.74, 6) is 0.795. The number of amides is 1. The molecule has 1 aliphatic rings. The molecule has 86 valence electrons. The van der Waals surface area contributed by atoms with Gasteiger partial charge in [-0.25, -0.2) is 0 Å². The number of nitrogens with one attached hydrogen (secondary N) is 1. The molecule has 3 heteroatoms. The molecular formula is C13H16INO. The van der Waals surface area contributed by atoms with Crippen molar-refractivity contribution in [1.82, 2.24) is 5.32 Å². The standard InChI is InChI=1S/C13H16INO/c1-2-5-9-8-12(9)15-13(16)10-6-3-4-7-11(10)14/h3-4,6-7,9,12H,2,5,8H2,1H3,(H,15,16). The SMILES string of the molecule is CCCC1CC1NC(=O)c1ccccc1I. The van der Waals surface area contributed by atoms with Gasteiger partial charge in [-0.2, -0.15) is 0 Å². The maximum Gasteiger partial charge on any atom is 0.252 e. The fourth-order valence-corrected chi connectivity index (χ4v) is 2.64. The molecule has 1 fully saturated rings. The molecule has 2 rings (SSSR count). The lowest BCUT2D eigenvalue weighted by Gasteiger charge is -2.06. The maximum absolute atomic E-state index is 11.9. The summed E-state index contributed by atoms with van der Waals surface area (Å²) in [5.41, 5.74) is 0.797. The van der Waals surface area contributed by atoms with E-state index in [0.29, 0.717) is 6.04 Å². The van der Waals surface area contributed by atoms with Crippen LogP contribution in [0.3, 0.4) is 0 Å². The predicted molar refractivity (Wildman–Crippen MR) is 73.4 cm³/mol. The van der Waals surface area contributed by atoms with Crippen molar-refractivity contribution in [1.29, 1.82) is 0 Å². The van der Waals surface area contributed by atoms with Gasteiger partial charge in [0, 0.05) is 9.61 Å². The molecule has 1 aliphatic carbocycles. The van der Waals surface area contributed by atoms with E-state index in [1.54, 1.807) is 0 Å². The van der Waals surface area contributed by atoms with Crippen LogP contribution in [0.1, 0.15) is 36.5 Å². The van der Waals surface area contributed by atoms with Crippen LogP contribution in [0.5, 0.6) is 0 Å². The largest absolute Gasteiger partial charge is 0.349 e. The molecule has 2 atom stereocenters. The molecule has 1 saturated carbocycles.